The summed E-state index contributed by atoms with van der Waals surface area (Å²) in [7, 11) is 0. The van der Waals surface area contributed by atoms with E-state index in [1.165, 1.54) is 166 Å². The first-order valence-electron chi connectivity index (χ1n) is 26.3. The molecular weight excluding hydrogens is 889 g/mol. The van der Waals surface area contributed by atoms with Crippen LogP contribution in [0.15, 0.2) is 231 Å². The van der Waals surface area contributed by atoms with Crippen molar-refractivity contribution in [3.8, 4) is 100 Å². The van der Waals surface area contributed by atoms with Gasteiger partial charge in [-0.25, -0.2) is 0 Å². The maximum Gasteiger partial charge on any atom is 0.0725 e. The Bertz CT molecular complexity index is 4410. The quantitative estimate of drug-likeness (QED) is 0.152. The zero-order chi connectivity index (χ0) is 49.2. The molecule has 1 spiro atoms. The summed E-state index contributed by atoms with van der Waals surface area (Å²) in [5.41, 5.74) is 33.6. The second-order valence-electron chi connectivity index (χ2n) is 21.9. The van der Waals surface area contributed by atoms with Gasteiger partial charge >= 0.3 is 0 Å². The van der Waals surface area contributed by atoms with E-state index in [-0.39, 0.29) is 10.8 Å². The van der Waals surface area contributed by atoms with Gasteiger partial charge in [0.1, 0.15) is 0 Å². The Morgan fingerprint density at radius 3 is 1.07 bits per heavy atom. The van der Waals surface area contributed by atoms with Crippen molar-refractivity contribution in [2.45, 2.75) is 38.5 Å². The molecule has 0 amide bonds. The third-order valence-electron chi connectivity index (χ3n) is 18.1. The van der Waals surface area contributed by atoms with Crippen molar-refractivity contribution in [3.63, 3.8) is 0 Å². The highest BCUT2D eigenvalue weighted by atomic mass is 14.5. The van der Waals surface area contributed by atoms with Gasteiger partial charge in [-0.1, -0.05) is 208 Å². The second-order valence-corrected chi connectivity index (χ2v) is 21.9. The van der Waals surface area contributed by atoms with Crippen LogP contribution in [-0.4, -0.2) is 0 Å². The van der Waals surface area contributed by atoms with Crippen molar-refractivity contribution in [2.75, 3.05) is 0 Å². The fourth-order valence-electron chi connectivity index (χ4n) is 14.5. The lowest BCUT2D eigenvalue weighted by Crippen LogP contribution is -2.25. The van der Waals surface area contributed by atoms with Crippen molar-refractivity contribution >= 4 is 21.5 Å². The van der Waals surface area contributed by atoms with Crippen molar-refractivity contribution < 1.29 is 0 Å². The summed E-state index contributed by atoms with van der Waals surface area (Å²) >= 11 is 0. The van der Waals surface area contributed by atoms with Gasteiger partial charge in [-0.2, -0.15) is 0 Å². The molecule has 0 saturated heterocycles. The third-order valence-corrected chi connectivity index (χ3v) is 18.1. The van der Waals surface area contributed by atoms with E-state index in [2.05, 4.69) is 258 Å². The lowest BCUT2D eigenvalue weighted by Gasteiger charge is -2.30. The average molecular weight is 939 g/mol. The van der Waals surface area contributed by atoms with Gasteiger partial charge in [-0.3, -0.25) is 0 Å². The largest absolute Gasteiger partial charge is 0.0725 e. The van der Waals surface area contributed by atoms with E-state index in [4.69, 9.17) is 0 Å². The Labute approximate surface area is 432 Å². The van der Waals surface area contributed by atoms with Gasteiger partial charge in [0.15, 0.2) is 0 Å². The summed E-state index contributed by atoms with van der Waals surface area (Å²) in [5.74, 6) is 0. The number of aryl methyl sites for hydroxylation is 2. The van der Waals surface area contributed by atoms with Crippen LogP contribution >= 0.6 is 0 Å². The number of hydrogen-bond donors (Lipinski definition) is 0. The van der Waals surface area contributed by atoms with Crippen molar-refractivity contribution in [1.29, 1.82) is 0 Å². The van der Waals surface area contributed by atoms with Crippen molar-refractivity contribution in [3.05, 3.63) is 275 Å². The number of rotatable bonds is 2. The molecule has 0 radical (unpaired) electrons. The smallest absolute Gasteiger partial charge is 0.0619 e. The lowest BCUT2D eigenvalue weighted by atomic mass is 9.70. The van der Waals surface area contributed by atoms with E-state index < -0.39 is 0 Å². The Balaban J connectivity index is 0.807. The van der Waals surface area contributed by atoms with Gasteiger partial charge in [0.2, 0.25) is 0 Å². The van der Waals surface area contributed by atoms with E-state index >= 15 is 0 Å². The van der Waals surface area contributed by atoms with Gasteiger partial charge in [0.25, 0.3) is 0 Å². The average Bonchev–Trinajstić information content (AvgIpc) is 4.15. The molecule has 0 nitrogen and oxygen atoms in total. The summed E-state index contributed by atoms with van der Waals surface area (Å²) in [5, 5.41) is 5.32. The first kappa shape index (κ1) is 41.7. The molecule has 0 aliphatic heterocycles. The summed E-state index contributed by atoms with van der Waals surface area (Å²) in [4.78, 5) is 0. The molecule has 12 aromatic rings. The molecule has 16 rings (SSSR count). The molecule has 0 heteroatoms. The Hall–Kier alpha value is -8.84. The van der Waals surface area contributed by atoms with Crippen LogP contribution in [-0.2, 0) is 10.8 Å². The summed E-state index contributed by atoms with van der Waals surface area (Å²) < 4.78 is 0. The highest BCUT2D eigenvalue weighted by molar-refractivity contribution is 6.10. The van der Waals surface area contributed by atoms with Crippen LogP contribution in [0.2, 0.25) is 0 Å². The van der Waals surface area contributed by atoms with Gasteiger partial charge in [-0.05, 0) is 216 Å². The minimum Gasteiger partial charge on any atom is -0.0619 e. The summed E-state index contributed by atoms with van der Waals surface area (Å²) in [6.45, 7) is 9.55. The van der Waals surface area contributed by atoms with Gasteiger partial charge in [-0.15, -0.1) is 0 Å². The van der Waals surface area contributed by atoms with Crippen LogP contribution in [0, 0.1) is 13.8 Å². The molecule has 0 heterocycles. The molecule has 0 saturated carbocycles. The lowest BCUT2D eigenvalue weighted by molar-refractivity contribution is 0.661. The monoisotopic (exact) mass is 938 g/mol. The zero-order valence-electron chi connectivity index (χ0n) is 41.9. The van der Waals surface area contributed by atoms with Gasteiger partial charge in [0, 0.05) is 5.41 Å². The maximum atomic E-state index is 2.54. The Morgan fingerprint density at radius 1 is 0.216 bits per heavy atom. The van der Waals surface area contributed by atoms with Crippen molar-refractivity contribution in [2.24, 2.45) is 0 Å². The highest BCUT2D eigenvalue weighted by Crippen LogP contribution is 2.63. The molecule has 0 N–H and O–H groups in total. The molecule has 0 aromatic heterocycles. The normalized spacial score (nSPS) is 14.2. The first-order valence-corrected chi connectivity index (χ1v) is 26.3. The van der Waals surface area contributed by atoms with Gasteiger partial charge < -0.3 is 0 Å². The number of hydrogen-bond acceptors (Lipinski definition) is 0. The van der Waals surface area contributed by atoms with E-state index in [0.717, 1.165) is 0 Å². The number of benzene rings is 12. The minimum absolute atomic E-state index is 0.195. The van der Waals surface area contributed by atoms with Crippen molar-refractivity contribution in [1.82, 2.24) is 0 Å². The molecule has 4 aliphatic rings. The SMILES string of the molecule is Cc1c2ccc(-c3ccc4c(c3)-c3ccccc3-c3ccccc3-c3ccccc3-4)cc2c(C)c2cc3c(cc12)-c1ccc(-c2ccc4c(c2)C2(c5ccccc5-c5ccccc52)c2ccccc2-4)cc1C3(C)C. The van der Waals surface area contributed by atoms with E-state index in [1.54, 1.807) is 0 Å². The molecule has 0 bridgehead atoms. The molecule has 346 valence electrons. The molecule has 0 atom stereocenters. The van der Waals surface area contributed by atoms with Crippen LogP contribution in [0.5, 0.6) is 0 Å². The Morgan fingerprint density at radius 2 is 0.541 bits per heavy atom. The maximum absolute atomic E-state index is 2.54. The third kappa shape index (κ3) is 5.37. The minimum atomic E-state index is -0.367. The van der Waals surface area contributed by atoms with Crippen LogP contribution in [0.4, 0.5) is 0 Å². The first-order chi connectivity index (χ1) is 36.3. The van der Waals surface area contributed by atoms with E-state index in [1.807, 2.05) is 0 Å². The molecule has 4 aliphatic carbocycles. The predicted octanol–water partition coefficient (Wildman–Crippen LogP) is 19.6. The number of fused-ring (bicyclic) bond motifs is 23. The van der Waals surface area contributed by atoms with Gasteiger partial charge in [0.05, 0.1) is 5.41 Å². The zero-order valence-corrected chi connectivity index (χ0v) is 41.9. The van der Waals surface area contributed by atoms with E-state index in [0.29, 0.717) is 0 Å². The summed E-state index contributed by atoms with van der Waals surface area (Å²) in [6, 6.07) is 88.0. The Kier molecular flexibility index (Phi) is 8.39. The summed E-state index contributed by atoms with van der Waals surface area (Å²) in [6.07, 6.45) is 0. The molecule has 0 fully saturated rings. The highest BCUT2D eigenvalue weighted by Gasteiger charge is 2.51. The topological polar surface area (TPSA) is 0 Å². The second kappa shape index (κ2) is 14.9. The van der Waals surface area contributed by atoms with Crippen LogP contribution in [0.25, 0.3) is 122 Å². The van der Waals surface area contributed by atoms with Crippen LogP contribution < -0.4 is 0 Å². The standard InChI is InChI=1S/C74H50/c1-43-49-33-29-45(46-30-34-56-54-21-8-7-19-52(54)50-17-5-6-18-51(50)53-20-9-10-22-55(53)65(56)38-46)37-62(49)44(2)64-42-71-66(41-63(43)64)61-36-32-47(39-70(61)73(71,3)4)48-31-35-60-59-25-13-16-28-69(59)74(72(60)40-48)67-26-14-11-23-57(67)58-24-12-15-27-68(58)74/h5-42H,1-4H3. The fraction of sp³-hybridized carbons (Fsp3) is 0.0811. The molecule has 12 aromatic carbocycles. The molecule has 0 unspecified atom stereocenters. The van der Waals surface area contributed by atoms with E-state index in [9.17, 15) is 0 Å². The fourth-order valence-corrected chi connectivity index (χ4v) is 14.5. The predicted molar refractivity (Wildman–Crippen MR) is 311 cm³/mol. The van der Waals surface area contributed by atoms with Crippen LogP contribution in [0.3, 0.4) is 0 Å². The molecular formula is C74H50. The van der Waals surface area contributed by atoms with Crippen LogP contribution in [0.1, 0.15) is 58.4 Å². The molecule has 74 heavy (non-hydrogen) atoms.